The number of rotatable bonds is 4. The molecule has 0 amide bonds. The van der Waals surface area contributed by atoms with E-state index < -0.39 is 0 Å². The fourth-order valence-electron chi connectivity index (χ4n) is 1.12. The van der Waals surface area contributed by atoms with Crippen LogP contribution in [0.15, 0.2) is 11.3 Å². The smallest absolute Gasteiger partial charge is 0.00694 e. The largest absolute Gasteiger partial charge is 0.402 e. The molecule has 0 radical (unpaired) electrons. The van der Waals surface area contributed by atoms with E-state index in [1.807, 2.05) is 0 Å². The van der Waals surface area contributed by atoms with Gasteiger partial charge in [-0.15, -0.1) is 12.4 Å². The maximum atomic E-state index is 5.79. The lowest BCUT2D eigenvalue weighted by atomic mass is 10.0. The minimum absolute atomic E-state index is 0. The summed E-state index contributed by atoms with van der Waals surface area (Å²) in [5.74, 6) is 0. The van der Waals surface area contributed by atoms with Crippen molar-refractivity contribution in [1.82, 2.24) is 0 Å². The van der Waals surface area contributed by atoms with Crippen molar-refractivity contribution in [2.45, 2.75) is 46.5 Å². The summed E-state index contributed by atoms with van der Waals surface area (Å²) in [5.41, 5.74) is 8.34. The Kier molecular flexibility index (Phi) is 9.68. The second kappa shape index (κ2) is 7.93. The number of hydrogen-bond acceptors (Lipinski definition) is 1. The molecule has 2 N–H and O–H groups in total. The van der Waals surface area contributed by atoms with E-state index in [2.05, 4.69) is 20.8 Å². The zero-order chi connectivity index (χ0) is 7.98. The van der Waals surface area contributed by atoms with Crippen LogP contribution < -0.4 is 5.73 Å². The fraction of sp³-hybridized carbons (Fsp3) is 0.778. The monoisotopic (exact) mass is 177 g/mol. The quantitative estimate of drug-likeness (QED) is 0.701. The van der Waals surface area contributed by atoms with Crippen LogP contribution in [0.1, 0.15) is 46.5 Å². The van der Waals surface area contributed by atoms with E-state index in [9.17, 15) is 0 Å². The van der Waals surface area contributed by atoms with Gasteiger partial charge in [-0.3, -0.25) is 0 Å². The number of allylic oxidation sites excluding steroid dienone is 2. The molecule has 0 bridgehead atoms. The van der Waals surface area contributed by atoms with Crippen molar-refractivity contribution in [1.29, 1.82) is 0 Å². The summed E-state index contributed by atoms with van der Waals surface area (Å²) in [7, 11) is 0. The molecule has 0 unspecified atom stereocenters. The van der Waals surface area contributed by atoms with Gasteiger partial charge < -0.3 is 5.73 Å². The Morgan fingerprint density at radius 3 is 1.91 bits per heavy atom. The molecule has 0 rings (SSSR count). The molecule has 0 aliphatic rings. The minimum atomic E-state index is 0. The van der Waals surface area contributed by atoms with E-state index in [1.54, 1.807) is 0 Å². The van der Waals surface area contributed by atoms with E-state index >= 15 is 0 Å². The second-order valence-electron chi connectivity index (χ2n) is 2.59. The molecule has 0 saturated heterocycles. The highest BCUT2D eigenvalue weighted by Crippen LogP contribution is 2.13. The van der Waals surface area contributed by atoms with Crippen molar-refractivity contribution in [3.63, 3.8) is 0 Å². The van der Waals surface area contributed by atoms with Crippen LogP contribution in [0, 0.1) is 0 Å². The standard InChI is InChI=1S/C9H19N.ClH/c1-4-7-8(5-2)9(10)6-3;/h4-7,10H2,1-3H3;1H. The van der Waals surface area contributed by atoms with Gasteiger partial charge in [0.05, 0.1) is 0 Å². The van der Waals surface area contributed by atoms with Crippen LogP contribution in [-0.2, 0) is 0 Å². The SMILES string of the molecule is CCCC(CC)=C(N)CC.Cl. The van der Waals surface area contributed by atoms with Crippen molar-refractivity contribution in [3.05, 3.63) is 11.3 Å². The summed E-state index contributed by atoms with van der Waals surface area (Å²) in [6, 6.07) is 0. The summed E-state index contributed by atoms with van der Waals surface area (Å²) in [5, 5.41) is 0. The molecule has 0 saturated carbocycles. The molecular formula is C9H20ClN. The maximum Gasteiger partial charge on any atom is 0.00694 e. The van der Waals surface area contributed by atoms with Crippen molar-refractivity contribution in [2.24, 2.45) is 5.73 Å². The first kappa shape index (κ1) is 13.4. The van der Waals surface area contributed by atoms with Crippen LogP contribution in [0.3, 0.4) is 0 Å². The van der Waals surface area contributed by atoms with Crippen LogP contribution in [0.25, 0.3) is 0 Å². The first-order valence-electron chi connectivity index (χ1n) is 4.22. The summed E-state index contributed by atoms with van der Waals surface area (Å²) in [6.45, 7) is 6.48. The number of hydrogen-bond donors (Lipinski definition) is 1. The topological polar surface area (TPSA) is 26.0 Å². The summed E-state index contributed by atoms with van der Waals surface area (Å²) in [4.78, 5) is 0. The molecule has 0 aromatic heterocycles. The van der Waals surface area contributed by atoms with Crippen molar-refractivity contribution < 1.29 is 0 Å². The summed E-state index contributed by atoms with van der Waals surface area (Å²) < 4.78 is 0. The molecule has 0 spiro atoms. The van der Waals surface area contributed by atoms with Gasteiger partial charge >= 0.3 is 0 Å². The highest BCUT2D eigenvalue weighted by molar-refractivity contribution is 5.85. The van der Waals surface area contributed by atoms with E-state index in [0.717, 1.165) is 18.5 Å². The highest BCUT2D eigenvalue weighted by Gasteiger charge is 1.96. The molecule has 2 heteroatoms. The van der Waals surface area contributed by atoms with Gasteiger partial charge in [-0.05, 0) is 19.3 Å². The Bertz CT molecular complexity index is 119. The zero-order valence-electron chi connectivity index (χ0n) is 7.81. The minimum Gasteiger partial charge on any atom is -0.402 e. The molecule has 68 valence electrons. The van der Waals surface area contributed by atoms with Crippen molar-refractivity contribution in [2.75, 3.05) is 0 Å². The van der Waals surface area contributed by atoms with Crippen LogP contribution in [0.4, 0.5) is 0 Å². The van der Waals surface area contributed by atoms with E-state index in [4.69, 9.17) is 5.73 Å². The van der Waals surface area contributed by atoms with Gasteiger partial charge in [0.15, 0.2) is 0 Å². The van der Waals surface area contributed by atoms with Crippen LogP contribution in [-0.4, -0.2) is 0 Å². The van der Waals surface area contributed by atoms with Gasteiger partial charge in [-0.25, -0.2) is 0 Å². The zero-order valence-corrected chi connectivity index (χ0v) is 8.63. The molecule has 0 aromatic rings. The molecule has 0 fully saturated rings. The Balaban J connectivity index is 0. The van der Waals surface area contributed by atoms with Gasteiger partial charge in [0.25, 0.3) is 0 Å². The van der Waals surface area contributed by atoms with Gasteiger partial charge in [0, 0.05) is 5.70 Å². The molecule has 0 heterocycles. The van der Waals surface area contributed by atoms with Gasteiger partial charge in [-0.2, -0.15) is 0 Å². The third-order valence-electron chi connectivity index (χ3n) is 1.81. The predicted octanol–water partition coefficient (Wildman–Crippen LogP) is 3.24. The number of halogens is 1. The second-order valence-corrected chi connectivity index (χ2v) is 2.59. The van der Waals surface area contributed by atoms with E-state index in [-0.39, 0.29) is 12.4 Å². The van der Waals surface area contributed by atoms with Crippen molar-refractivity contribution >= 4 is 12.4 Å². The van der Waals surface area contributed by atoms with Crippen LogP contribution >= 0.6 is 12.4 Å². The molecule has 0 aromatic carbocycles. The van der Waals surface area contributed by atoms with Gasteiger partial charge in [0.2, 0.25) is 0 Å². The molecule has 11 heavy (non-hydrogen) atoms. The summed E-state index contributed by atoms with van der Waals surface area (Å²) in [6.07, 6.45) is 4.51. The van der Waals surface area contributed by atoms with Gasteiger partial charge in [-0.1, -0.05) is 32.8 Å². The maximum absolute atomic E-state index is 5.79. The lowest BCUT2D eigenvalue weighted by molar-refractivity contribution is 0.822. The first-order chi connectivity index (χ1) is 4.76. The lowest BCUT2D eigenvalue weighted by Gasteiger charge is -2.06. The summed E-state index contributed by atoms with van der Waals surface area (Å²) >= 11 is 0. The predicted molar refractivity (Wildman–Crippen MR) is 54.0 cm³/mol. The Morgan fingerprint density at radius 2 is 1.64 bits per heavy atom. The van der Waals surface area contributed by atoms with Crippen molar-refractivity contribution in [3.8, 4) is 0 Å². The fourth-order valence-corrected chi connectivity index (χ4v) is 1.12. The first-order valence-corrected chi connectivity index (χ1v) is 4.22. The molecular weight excluding hydrogens is 158 g/mol. The molecule has 0 atom stereocenters. The number of nitrogens with two attached hydrogens (primary N) is 1. The molecule has 0 aliphatic carbocycles. The Morgan fingerprint density at radius 1 is 1.09 bits per heavy atom. The van der Waals surface area contributed by atoms with Crippen LogP contribution in [0.2, 0.25) is 0 Å². The van der Waals surface area contributed by atoms with Gasteiger partial charge in [0.1, 0.15) is 0 Å². The van der Waals surface area contributed by atoms with Crippen LogP contribution in [0.5, 0.6) is 0 Å². The van der Waals surface area contributed by atoms with E-state index in [1.165, 1.54) is 18.4 Å². The Hall–Kier alpha value is -0.170. The third-order valence-corrected chi connectivity index (χ3v) is 1.81. The lowest BCUT2D eigenvalue weighted by Crippen LogP contribution is -2.00. The normalized spacial score (nSPS) is 11.9. The third kappa shape index (κ3) is 5.14. The average molecular weight is 178 g/mol. The average Bonchev–Trinajstić information content (AvgIpc) is 1.99. The van der Waals surface area contributed by atoms with E-state index in [0.29, 0.717) is 0 Å². The Labute approximate surface area is 76.5 Å². The molecule has 1 nitrogen and oxygen atoms in total. The highest BCUT2D eigenvalue weighted by atomic mass is 35.5. The molecule has 0 aliphatic heterocycles.